The first kappa shape index (κ1) is 30.5. The van der Waals surface area contributed by atoms with Gasteiger partial charge in [-0.05, 0) is 59.1 Å². The minimum absolute atomic E-state index is 0.0503. The summed E-state index contributed by atoms with van der Waals surface area (Å²) in [5, 5.41) is 5.45. The molecule has 0 saturated heterocycles. The van der Waals surface area contributed by atoms with E-state index in [2.05, 4.69) is 16.6 Å². The SMILES string of the molecule is C#Cc1ccccc1C(C(=O)NC(C)C)N(CCCC)C(=O)C(CCC(N)=O)NC(=O)OC(C)(C)C. The molecule has 1 rings (SSSR count). The highest BCUT2D eigenvalue weighted by molar-refractivity contribution is 5.93. The van der Waals surface area contributed by atoms with Crippen LogP contribution in [0, 0.1) is 12.3 Å². The first-order valence-corrected chi connectivity index (χ1v) is 12.2. The number of primary amides is 1. The van der Waals surface area contributed by atoms with Gasteiger partial charge < -0.3 is 26.0 Å². The Kier molecular flexibility index (Phi) is 12.0. The highest BCUT2D eigenvalue weighted by Gasteiger charge is 2.37. The Hall–Kier alpha value is -3.54. The molecule has 9 nitrogen and oxygen atoms in total. The van der Waals surface area contributed by atoms with Crippen molar-refractivity contribution in [3.63, 3.8) is 0 Å². The molecule has 0 aliphatic carbocycles. The second-order valence-corrected chi connectivity index (χ2v) is 9.89. The number of rotatable bonds is 12. The van der Waals surface area contributed by atoms with Crippen molar-refractivity contribution < 1.29 is 23.9 Å². The number of nitrogens with zero attached hydrogens (tertiary/aromatic N) is 1. The summed E-state index contributed by atoms with van der Waals surface area (Å²) in [5.41, 5.74) is 5.50. The Morgan fingerprint density at radius 3 is 2.31 bits per heavy atom. The van der Waals surface area contributed by atoms with Crippen molar-refractivity contribution in [1.29, 1.82) is 0 Å². The lowest BCUT2D eigenvalue weighted by molar-refractivity contribution is -0.143. The summed E-state index contributed by atoms with van der Waals surface area (Å²) in [7, 11) is 0. The van der Waals surface area contributed by atoms with Crippen LogP contribution in [0.5, 0.6) is 0 Å². The highest BCUT2D eigenvalue weighted by Crippen LogP contribution is 2.27. The van der Waals surface area contributed by atoms with Gasteiger partial charge >= 0.3 is 6.09 Å². The van der Waals surface area contributed by atoms with E-state index in [0.29, 0.717) is 17.5 Å². The van der Waals surface area contributed by atoms with E-state index in [4.69, 9.17) is 16.9 Å². The fourth-order valence-electron chi connectivity index (χ4n) is 3.57. The third kappa shape index (κ3) is 9.98. The Bertz CT molecular complexity index is 962. The molecule has 2 unspecified atom stereocenters. The van der Waals surface area contributed by atoms with Crippen molar-refractivity contribution in [2.24, 2.45) is 5.73 Å². The van der Waals surface area contributed by atoms with Crippen molar-refractivity contribution in [2.75, 3.05) is 6.54 Å². The van der Waals surface area contributed by atoms with E-state index in [0.717, 1.165) is 6.42 Å². The van der Waals surface area contributed by atoms with Gasteiger partial charge in [-0.25, -0.2) is 4.79 Å². The number of ether oxygens (including phenoxy) is 1. The normalized spacial score (nSPS) is 12.7. The summed E-state index contributed by atoms with van der Waals surface area (Å²) in [4.78, 5) is 52.9. The molecule has 36 heavy (non-hydrogen) atoms. The predicted octanol–water partition coefficient (Wildman–Crippen LogP) is 3.02. The summed E-state index contributed by atoms with van der Waals surface area (Å²) in [5.74, 6) is 1.04. The molecule has 2 atom stereocenters. The van der Waals surface area contributed by atoms with Gasteiger partial charge in [-0.2, -0.15) is 0 Å². The maximum Gasteiger partial charge on any atom is 0.408 e. The van der Waals surface area contributed by atoms with E-state index in [1.807, 2.05) is 20.8 Å². The third-order valence-corrected chi connectivity index (χ3v) is 5.11. The van der Waals surface area contributed by atoms with Crippen molar-refractivity contribution >= 4 is 23.8 Å². The molecule has 0 bridgehead atoms. The minimum Gasteiger partial charge on any atom is -0.444 e. The first-order chi connectivity index (χ1) is 16.8. The molecular formula is C27H40N4O5. The number of nitrogens with two attached hydrogens (primary N) is 1. The lowest BCUT2D eigenvalue weighted by Crippen LogP contribution is -2.54. The number of carbonyl (C=O) groups excluding carboxylic acids is 4. The van der Waals surface area contributed by atoms with Crippen LogP contribution in [0.25, 0.3) is 0 Å². The number of terminal acetylenes is 1. The van der Waals surface area contributed by atoms with Crippen molar-refractivity contribution in [3.05, 3.63) is 35.4 Å². The van der Waals surface area contributed by atoms with E-state index in [-0.39, 0.29) is 25.4 Å². The van der Waals surface area contributed by atoms with Gasteiger partial charge in [0.2, 0.25) is 17.7 Å². The zero-order valence-corrected chi connectivity index (χ0v) is 22.2. The Balaban J connectivity index is 3.55. The molecule has 0 aliphatic rings. The molecule has 198 valence electrons. The minimum atomic E-state index is -1.14. The molecule has 0 radical (unpaired) electrons. The average Bonchev–Trinajstić information content (AvgIpc) is 2.77. The Labute approximate surface area is 214 Å². The van der Waals surface area contributed by atoms with Gasteiger partial charge in [-0.1, -0.05) is 37.5 Å². The predicted molar refractivity (Wildman–Crippen MR) is 139 cm³/mol. The number of benzene rings is 1. The zero-order chi connectivity index (χ0) is 27.5. The molecule has 0 fully saturated rings. The summed E-state index contributed by atoms with van der Waals surface area (Å²) >= 11 is 0. The van der Waals surface area contributed by atoms with E-state index in [9.17, 15) is 19.2 Å². The molecular weight excluding hydrogens is 460 g/mol. The second-order valence-electron chi connectivity index (χ2n) is 9.89. The monoisotopic (exact) mass is 500 g/mol. The van der Waals surface area contributed by atoms with Crippen LogP contribution in [0.1, 0.15) is 84.4 Å². The topological polar surface area (TPSA) is 131 Å². The number of hydrogen-bond acceptors (Lipinski definition) is 5. The molecule has 0 aromatic heterocycles. The smallest absolute Gasteiger partial charge is 0.408 e. The lowest BCUT2D eigenvalue weighted by atomic mass is 9.96. The highest BCUT2D eigenvalue weighted by atomic mass is 16.6. The molecule has 0 heterocycles. The van der Waals surface area contributed by atoms with Gasteiger partial charge in [-0.15, -0.1) is 6.42 Å². The van der Waals surface area contributed by atoms with Gasteiger partial charge in [-0.3, -0.25) is 14.4 Å². The van der Waals surface area contributed by atoms with E-state index in [1.54, 1.807) is 45.0 Å². The molecule has 1 aromatic carbocycles. The number of nitrogens with one attached hydrogen (secondary N) is 2. The van der Waals surface area contributed by atoms with Gasteiger partial charge in [0.1, 0.15) is 17.7 Å². The van der Waals surface area contributed by atoms with E-state index in [1.165, 1.54) is 4.90 Å². The summed E-state index contributed by atoms with van der Waals surface area (Å²) in [6.07, 6.45) is 6.07. The first-order valence-electron chi connectivity index (χ1n) is 12.2. The molecule has 1 aromatic rings. The molecule has 0 spiro atoms. The van der Waals surface area contributed by atoms with Gasteiger partial charge in [0.15, 0.2) is 0 Å². The van der Waals surface area contributed by atoms with Gasteiger partial charge in [0.25, 0.3) is 0 Å². The van der Waals surface area contributed by atoms with E-state index < -0.39 is 41.5 Å². The van der Waals surface area contributed by atoms with Crippen LogP contribution in [-0.2, 0) is 19.1 Å². The molecule has 0 saturated carbocycles. The molecule has 0 aliphatic heterocycles. The van der Waals surface area contributed by atoms with Crippen LogP contribution in [0.15, 0.2) is 24.3 Å². The van der Waals surface area contributed by atoms with Crippen LogP contribution in [0.3, 0.4) is 0 Å². The summed E-state index contributed by atoms with van der Waals surface area (Å²) in [6.45, 7) is 10.9. The number of hydrogen-bond donors (Lipinski definition) is 3. The fourth-order valence-corrected chi connectivity index (χ4v) is 3.57. The molecule has 9 heteroatoms. The third-order valence-electron chi connectivity index (χ3n) is 5.11. The quantitative estimate of drug-likeness (QED) is 0.380. The Morgan fingerprint density at radius 1 is 1.14 bits per heavy atom. The summed E-state index contributed by atoms with van der Waals surface area (Å²) < 4.78 is 5.33. The van der Waals surface area contributed by atoms with Crippen molar-refractivity contribution in [2.45, 2.75) is 91.0 Å². The van der Waals surface area contributed by atoms with E-state index >= 15 is 0 Å². The second kappa shape index (κ2) is 14.1. The van der Waals surface area contributed by atoms with Crippen molar-refractivity contribution in [3.8, 4) is 12.3 Å². The fraction of sp³-hybridized carbons (Fsp3) is 0.556. The largest absolute Gasteiger partial charge is 0.444 e. The van der Waals surface area contributed by atoms with Crippen LogP contribution in [-0.4, -0.2) is 52.9 Å². The number of amides is 4. The molecule has 4 N–H and O–H groups in total. The molecule has 4 amide bonds. The average molecular weight is 501 g/mol. The standard InChI is InChI=1S/C27H40N4O5/c1-8-10-17-31(23(24(33)29-18(3)4)20-14-12-11-13-19(20)9-2)25(34)21(15-16-22(28)32)30-26(35)36-27(5,6)7/h2,11-14,18,21,23H,8,10,15-17H2,1,3-7H3,(H2,28,32)(H,29,33)(H,30,35). The van der Waals surface area contributed by atoms with Crippen LogP contribution in [0.4, 0.5) is 4.79 Å². The maximum atomic E-state index is 13.9. The lowest BCUT2D eigenvalue weighted by Gasteiger charge is -2.35. The van der Waals surface area contributed by atoms with Crippen LogP contribution in [0.2, 0.25) is 0 Å². The van der Waals surface area contributed by atoms with Gasteiger partial charge in [0, 0.05) is 24.6 Å². The van der Waals surface area contributed by atoms with Gasteiger partial charge in [0.05, 0.1) is 0 Å². The summed E-state index contributed by atoms with van der Waals surface area (Å²) in [6, 6.07) is 4.55. The zero-order valence-electron chi connectivity index (χ0n) is 22.2. The number of alkyl carbamates (subject to hydrolysis) is 1. The van der Waals surface area contributed by atoms with Crippen LogP contribution < -0.4 is 16.4 Å². The van der Waals surface area contributed by atoms with Crippen LogP contribution >= 0.6 is 0 Å². The maximum absolute atomic E-state index is 13.9. The Morgan fingerprint density at radius 2 is 1.78 bits per heavy atom. The number of carbonyl (C=O) groups is 4. The number of unbranched alkanes of at least 4 members (excludes halogenated alkanes) is 1. The van der Waals surface area contributed by atoms with Crippen molar-refractivity contribution in [1.82, 2.24) is 15.5 Å².